The van der Waals surface area contributed by atoms with Crippen molar-refractivity contribution < 1.29 is 4.52 Å². The average molecular weight is 266 g/mol. The van der Waals surface area contributed by atoms with Gasteiger partial charge in [-0.1, -0.05) is 25.9 Å². The first kappa shape index (κ1) is 14.5. The number of nitrogens with one attached hydrogen (secondary N) is 1. The molecule has 0 amide bonds. The highest BCUT2D eigenvalue weighted by molar-refractivity contribution is 4.97. The lowest BCUT2D eigenvalue weighted by molar-refractivity contribution is 0.238. The molecular weight excluding hydrogens is 240 g/mol. The standard InChI is InChI=1S/C14H26N4O/c1-4-18(5-2)10-8-12-16-14(19-17-12)13-11(3)7-6-9-15-13/h11,13,15H,4-10H2,1-3H3. The highest BCUT2D eigenvalue weighted by atomic mass is 16.5. The number of hydrogen-bond donors (Lipinski definition) is 1. The molecule has 19 heavy (non-hydrogen) atoms. The summed E-state index contributed by atoms with van der Waals surface area (Å²) in [5.41, 5.74) is 0. The second-order valence-corrected chi connectivity index (χ2v) is 5.38. The molecule has 1 aliphatic rings. The molecule has 1 fully saturated rings. The van der Waals surface area contributed by atoms with Crippen LogP contribution in [-0.4, -0.2) is 41.2 Å². The van der Waals surface area contributed by atoms with Gasteiger partial charge >= 0.3 is 0 Å². The second kappa shape index (κ2) is 7.01. The predicted octanol–water partition coefficient (Wildman–Crippen LogP) is 2.01. The highest BCUT2D eigenvalue weighted by Gasteiger charge is 2.27. The Bertz CT molecular complexity index is 375. The van der Waals surface area contributed by atoms with Gasteiger partial charge in [0.05, 0.1) is 6.04 Å². The van der Waals surface area contributed by atoms with Gasteiger partial charge in [0.2, 0.25) is 5.89 Å². The molecule has 1 saturated heterocycles. The molecule has 2 unspecified atom stereocenters. The third-order valence-electron chi connectivity index (χ3n) is 4.07. The smallest absolute Gasteiger partial charge is 0.244 e. The van der Waals surface area contributed by atoms with E-state index in [2.05, 4.69) is 41.1 Å². The van der Waals surface area contributed by atoms with E-state index < -0.39 is 0 Å². The van der Waals surface area contributed by atoms with Crippen molar-refractivity contribution in [2.75, 3.05) is 26.2 Å². The van der Waals surface area contributed by atoms with E-state index in [1.54, 1.807) is 0 Å². The molecule has 108 valence electrons. The molecule has 1 aromatic rings. The summed E-state index contributed by atoms with van der Waals surface area (Å²) in [6.45, 7) is 10.8. The minimum Gasteiger partial charge on any atom is -0.338 e. The lowest BCUT2D eigenvalue weighted by Crippen LogP contribution is -2.33. The van der Waals surface area contributed by atoms with Gasteiger partial charge in [0.25, 0.3) is 0 Å². The van der Waals surface area contributed by atoms with Crippen LogP contribution in [0.4, 0.5) is 0 Å². The largest absolute Gasteiger partial charge is 0.338 e. The zero-order chi connectivity index (χ0) is 13.7. The molecule has 1 N–H and O–H groups in total. The molecule has 5 nitrogen and oxygen atoms in total. The summed E-state index contributed by atoms with van der Waals surface area (Å²) in [6.07, 6.45) is 3.34. The van der Waals surface area contributed by atoms with Crippen molar-refractivity contribution in [2.45, 2.75) is 46.1 Å². The number of piperidine rings is 1. The summed E-state index contributed by atoms with van der Waals surface area (Å²) in [6, 6.07) is 0.239. The average Bonchev–Trinajstić information content (AvgIpc) is 2.89. The molecule has 0 aromatic carbocycles. The maximum atomic E-state index is 5.43. The fourth-order valence-electron chi connectivity index (χ4n) is 2.67. The second-order valence-electron chi connectivity index (χ2n) is 5.38. The summed E-state index contributed by atoms with van der Waals surface area (Å²) < 4.78 is 5.43. The zero-order valence-corrected chi connectivity index (χ0v) is 12.4. The van der Waals surface area contributed by atoms with E-state index in [0.29, 0.717) is 5.92 Å². The summed E-state index contributed by atoms with van der Waals surface area (Å²) in [4.78, 5) is 6.93. The quantitative estimate of drug-likeness (QED) is 0.853. The number of likely N-dealkylation sites (N-methyl/N-ethyl adjacent to an activating group) is 1. The van der Waals surface area contributed by atoms with Crippen LogP contribution in [0.2, 0.25) is 0 Å². The van der Waals surface area contributed by atoms with Crippen LogP contribution in [0.3, 0.4) is 0 Å². The normalized spacial score (nSPS) is 24.0. The molecule has 2 rings (SSSR count). The molecule has 2 heterocycles. The topological polar surface area (TPSA) is 54.2 Å². The first-order valence-corrected chi connectivity index (χ1v) is 7.52. The SMILES string of the molecule is CCN(CC)CCc1noc(C2NCCCC2C)n1. The molecule has 1 aliphatic heterocycles. The third kappa shape index (κ3) is 3.76. The third-order valence-corrected chi connectivity index (χ3v) is 4.07. The molecule has 0 bridgehead atoms. The monoisotopic (exact) mass is 266 g/mol. The number of hydrogen-bond acceptors (Lipinski definition) is 5. The van der Waals surface area contributed by atoms with Crippen molar-refractivity contribution in [1.29, 1.82) is 0 Å². The molecule has 0 aliphatic carbocycles. The number of rotatable bonds is 6. The van der Waals surface area contributed by atoms with Crippen LogP contribution in [0.1, 0.15) is 51.4 Å². The van der Waals surface area contributed by atoms with E-state index in [-0.39, 0.29) is 6.04 Å². The summed E-state index contributed by atoms with van der Waals surface area (Å²) in [7, 11) is 0. The first-order chi connectivity index (χ1) is 9.24. The van der Waals surface area contributed by atoms with Gasteiger partial charge in [-0.3, -0.25) is 0 Å². The lowest BCUT2D eigenvalue weighted by Gasteiger charge is -2.26. The Morgan fingerprint density at radius 3 is 2.84 bits per heavy atom. The Balaban J connectivity index is 1.91. The van der Waals surface area contributed by atoms with Crippen molar-refractivity contribution in [3.05, 3.63) is 11.7 Å². The Hall–Kier alpha value is -0.940. The van der Waals surface area contributed by atoms with Crippen LogP contribution in [-0.2, 0) is 6.42 Å². The summed E-state index contributed by atoms with van der Waals surface area (Å²) >= 11 is 0. The van der Waals surface area contributed by atoms with E-state index in [1.807, 2.05) is 0 Å². The van der Waals surface area contributed by atoms with Crippen molar-refractivity contribution in [2.24, 2.45) is 5.92 Å². The molecular formula is C14H26N4O. The molecule has 0 spiro atoms. The van der Waals surface area contributed by atoms with E-state index in [0.717, 1.165) is 44.3 Å². The summed E-state index contributed by atoms with van der Waals surface area (Å²) in [5, 5.41) is 7.59. The van der Waals surface area contributed by atoms with Gasteiger partial charge in [-0.05, 0) is 38.4 Å². The Morgan fingerprint density at radius 2 is 2.16 bits per heavy atom. The molecule has 2 atom stereocenters. The van der Waals surface area contributed by atoms with Crippen molar-refractivity contribution in [3.63, 3.8) is 0 Å². The zero-order valence-electron chi connectivity index (χ0n) is 12.4. The van der Waals surface area contributed by atoms with Gasteiger partial charge in [0, 0.05) is 13.0 Å². The van der Waals surface area contributed by atoms with Crippen molar-refractivity contribution in [3.8, 4) is 0 Å². The Kier molecular flexibility index (Phi) is 5.34. The fraction of sp³-hybridized carbons (Fsp3) is 0.857. The van der Waals surface area contributed by atoms with Gasteiger partial charge in [0.15, 0.2) is 5.82 Å². The van der Waals surface area contributed by atoms with Gasteiger partial charge in [-0.25, -0.2) is 0 Å². The van der Waals surface area contributed by atoms with E-state index in [1.165, 1.54) is 12.8 Å². The van der Waals surface area contributed by atoms with Crippen molar-refractivity contribution in [1.82, 2.24) is 20.4 Å². The number of aromatic nitrogens is 2. The first-order valence-electron chi connectivity index (χ1n) is 7.52. The number of nitrogens with zero attached hydrogens (tertiary/aromatic N) is 3. The van der Waals surface area contributed by atoms with Crippen LogP contribution < -0.4 is 5.32 Å². The minimum absolute atomic E-state index is 0.239. The maximum absolute atomic E-state index is 5.43. The molecule has 5 heteroatoms. The van der Waals surface area contributed by atoms with Crippen LogP contribution >= 0.6 is 0 Å². The molecule has 1 aromatic heterocycles. The van der Waals surface area contributed by atoms with Crippen LogP contribution in [0.25, 0.3) is 0 Å². The van der Waals surface area contributed by atoms with Crippen LogP contribution in [0.15, 0.2) is 4.52 Å². The van der Waals surface area contributed by atoms with E-state index in [4.69, 9.17) is 4.52 Å². The molecule has 0 saturated carbocycles. The van der Waals surface area contributed by atoms with Gasteiger partial charge in [0.1, 0.15) is 0 Å². The van der Waals surface area contributed by atoms with Gasteiger partial charge < -0.3 is 14.7 Å². The van der Waals surface area contributed by atoms with Gasteiger partial charge in [-0.2, -0.15) is 4.98 Å². The Morgan fingerprint density at radius 1 is 1.37 bits per heavy atom. The minimum atomic E-state index is 0.239. The van der Waals surface area contributed by atoms with Crippen LogP contribution in [0, 0.1) is 5.92 Å². The fourth-order valence-corrected chi connectivity index (χ4v) is 2.67. The van der Waals surface area contributed by atoms with Gasteiger partial charge in [-0.15, -0.1) is 0 Å². The lowest BCUT2D eigenvalue weighted by atomic mass is 9.93. The maximum Gasteiger partial charge on any atom is 0.244 e. The Labute approximate surface area is 115 Å². The highest BCUT2D eigenvalue weighted by Crippen LogP contribution is 2.27. The van der Waals surface area contributed by atoms with E-state index in [9.17, 15) is 0 Å². The van der Waals surface area contributed by atoms with E-state index >= 15 is 0 Å². The molecule has 0 radical (unpaired) electrons. The van der Waals surface area contributed by atoms with Crippen LogP contribution in [0.5, 0.6) is 0 Å². The predicted molar refractivity (Wildman–Crippen MR) is 74.9 cm³/mol. The van der Waals surface area contributed by atoms with Crippen molar-refractivity contribution >= 4 is 0 Å². The summed E-state index contributed by atoms with van der Waals surface area (Å²) in [5.74, 6) is 2.17.